The van der Waals surface area contributed by atoms with Crippen molar-refractivity contribution in [1.29, 1.82) is 0 Å². The van der Waals surface area contributed by atoms with Crippen LogP contribution < -0.4 is 10.2 Å². The molecule has 0 aliphatic carbocycles. The molecule has 3 aromatic heterocycles. The third-order valence-electron chi connectivity index (χ3n) is 4.76. The first-order valence-electron chi connectivity index (χ1n) is 8.93. The summed E-state index contributed by atoms with van der Waals surface area (Å²) in [6, 6.07) is 6.20. The summed E-state index contributed by atoms with van der Waals surface area (Å²) >= 11 is 6.40. The van der Waals surface area contributed by atoms with E-state index in [4.69, 9.17) is 16.6 Å². The molecule has 0 spiro atoms. The van der Waals surface area contributed by atoms with Crippen LogP contribution in [0.2, 0.25) is 5.02 Å². The third kappa shape index (κ3) is 3.45. The second kappa shape index (κ2) is 7.12. The summed E-state index contributed by atoms with van der Waals surface area (Å²) in [4.78, 5) is 20.6. The number of aromatic nitrogens is 4. The molecule has 0 radical (unpaired) electrons. The molecule has 27 heavy (non-hydrogen) atoms. The van der Waals surface area contributed by atoms with Crippen LogP contribution in [-0.2, 0) is 13.0 Å². The Bertz CT molecular complexity index is 1000. The number of nitrogens with one attached hydrogen (secondary N) is 1. The molecule has 0 saturated heterocycles. The summed E-state index contributed by atoms with van der Waals surface area (Å²) in [6.45, 7) is 5.59. The maximum atomic E-state index is 6.40. The fourth-order valence-electron chi connectivity index (χ4n) is 3.37. The lowest BCUT2D eigenvalue weighted by atomic mass is 10.1. The first-order chi connectivity index (χ1) is 13.0. The highest BCUT2D eigenvalue weighted by Crippen LogP contribution is 2.30. The average Bonchev–Trinajstić information content (AvgIpc) is 2.68. The molecule has 7 heteroatoms. The second-order valence-electron chi connectivity index (χ2n) is 6.77. The van der Waals surface area contributed by atoms with Gasteiger partial charge in [-0.15, -0.1) is 0 Å². The summed E-state index contributed by atoms with van der Waals surface area (Å²) in [5.74, 6) is 1.56. The van der Waals surface area contributed by atoms with Crippen LogP contribution in [0.25, 0.3) is 11.4 Å². The molecule has 0 saturated carbocycles. The highest BCUT2D eigenvalue weighted by molar-refractivity contribution is 6.32. The molecule has 138 valence electrons. The molecule has 0 bridgehead atoms. The Kier molecular flexibility index (Phi) is 4.66. The number of nitrogens with zero attached hydrogens (tertiary/aromatic N) is 5. The van der Waals surface area contributed by atoms with Gasteiger partial charge in [0, 0.05) is 38.4 Å². The van der Waals surface area contributed by atoms with Crippen molar-refractivity contribution in [1.82, 2.24) is 19.9 Å². The summed E-state index contributed by atoms with van der Waals surface area (Å²) in [6.07, 6.45) is 4.36. The molecule has 4 rings (SSSR count). The Morgan fingerprint density at radius 1 is 1.07 bits per heavy atom. The van der Waals surface area contributed by atoms with Crippen LogP contribution in [0.4, 0.5) is 11.8 Å². The summed E-state index contributed by atoms with van der Waals surface area (Å²) < 4.78 is 0. The van der Waals surface area contributed by atoms with Gasteiger partial charge in [0.15, 0.2) is 0 Å². The Labute approximate surface area is 163 Å². The lowest BCUT2D eigenvalue weighted by Crippen LogP contribution is -2.32. The van der Waals surface area contributed by atoms with E-state index in [1.54, 1.807) is 6.20 Å². The van der Waals surface area contributed by atoms with Crippen molar-refractivity contribution in [3.8, 4) is 11.4 Å². The van der Waals surface area contributed by atoms with Gasteiger partial charge in [0.05, 0.1) is 16.9 Å². The number of halogens is 1. The van der Waals surface area contributed by atoms with Gasteiger partial charge in [-0.2, -0.15) is 0 Å². The molecule has 4 heterocycles. The van der Waals surface area contributed by atoms with Crippen molar-refractivity contribution in [3.63, 3.8) is 0 Å². The normalized spacial score (nSPS) is 13.4. The molecule has 0 unspecified atom stereocenters. The maximum absolute atomic E-state index is 6.40. The molecule has 0 atom stereocenters. The molecule has 0 amide bonds. The van der Waals surface area contributed by atoms with Gasteiger partial charge in [-0.25, -0.2) is 15.0 Å². The molecular weight excluding hydrogens is 360 g/mol. The zero-order valence-electron chi connectivity index (χ0n) is 15.6. The van der Waals surface area contributed by atoms with Crippen LogP contribution in [0.1, 0.15) is 22.4 Å². The minimum atomic E-state index is 0.510. The highest BCUT2D eigenvalue weighted by Gasteiger charge is 2.21. The molecular formula is C20H21ClN6. The minimum absolute atomic E-state index is 0.510. The van der Waals surface area contributed by atoms with E-state index in [0.717, 1.165) is 47.8 Å². The van der Waals surface area contributed by atoms with Crippen molar-refractivity contribution in [2.24, 2.45) is 0 Å². The van der Waals surface area contributed by atoms with Crippen molar-refractivity contribution >= 4 is 23.4 Å². The van der Waals surface area contributed by atoms with E-state index in [1.807, 2.05) is 33.2 Å². The monoisotopic (exact) mass is 380 g/mol. The number of rotatable bonds is 3. The number of pyridine rings is 2. The highest BCUT2D eigenvalue weighted by atomic mass is 35.5. The van der Waals surface area contributed by atoms with E-state index in [2.05, 4.69) is 37.3 Å². The van der Waals surface area contributed by atoms with Gasteiger partial charge < -0.3 is 10.2 Å². The van der Waals surface area contributed by atoms with Gasteiger partial charge in [-0.1, -0.05) is 23.7 Å². The second-order valence-corrected chi connectivity index (χ2v) is 7.18. The Balaban J connectivity index is 1.67. The number of hydrogen-bond acceptors (Lipinski definition) is 6. The van der Waals surface area contributed by atoms with Crippen molar-refractivity contribution < 1.29 is 0 Å². The molecule has 1 N–H and O–H groups in total. The zero-order chi connectivity index (χ0) is 19.0. The van der Waals surface area contributed by atoms with Crippen molar-refractivity contribution in [2.75, 3.05) is 23.8 Å². The maximum Gasteiger partial charge on any atom is 0.226 e. The van der Waals surface area contributed by atoms with E-state index in [-0.39, 0.29) is 0 Å². The number of hydrogen-bond donors (Lipinski definition) is 1. The minimum Gasteiger partial charge on any atom is -0.373 e. The standard InChI is InChI=1S/C20H21ClN6/c1-12-8-13(2)18(23-9-12)19-15(21)10-24-20(26-19)27-7-6-16-14(11-27)4-5-17(22-3)25-16/h4-5,8-10H,6-7,11H2,1-3H3,(H,22,25). The number of anilines is 2. The molecule has 1 aliphatic rings. The average molecular weight is 381 g/mol. The van der Waals surface area contributed by atoms with E-state index in [0.29, 0.717) is 16.7 Å². The van der Waals surface area contributed by atoms with Gasteiger partial charge in [0.1, 0.15) is 11.5 Å². The van der Waals surface area contributed by atoms with E-state index >= 15 is 0 Å². The summed E-state index contributed by atoms with van der Waals surface area (Å²) in [7, 11) is 1.88. The van der Waals surface area contributed by atoms with Crippen LogP contribution in [0, 0.1) is 13.8 Å². The molecule has 1 aliphatic heterocycles. The lowest BCUT2D eigenvalue weighted by molar-refractivity contribution is 0.692. The Morgan fingerprint density at radius 2 is 1.93 bits per heavy atom. The van der Waals surface area contributed by atoms with Gasteiger partial charge in [-0.3, -0.25) is 4.98 Å². The van der Waals surface area contributed by atoms with Gasteiger partial charge in [0.25, 0.3) is 0 Å². The first kappa shape index (κ1) is 17.7. The molecule has 6 nitrogen and oxygen atoms in total. The number of aryl methyl sites for hydroxylation is 2. The van der Waals surface area contributed by atoms with Crippen LogP contribution in [0.5, 0.6) is 0 Å². The molecule has 3 aromatic rings. The van der Waals surface area contributed by atoms with E-state index in [1.165, 1.54) is 5.56 Å². The van der Waals surface area contributed by atoms with Crippen molar-refractivity contribution in [3.05, 3.63) is 58.0 Å². The number of fused-ring (bicyclic) bond motifs is 1. The fourth-order valence-corrected chi connectivity index (χ4v) is 3.55. The van der Waals surface area contributed by atoms with Crippen LogP contribution in [-0.4, -0.2) is 33.5 Å². The fraction of sp³-hybridized carbons (Fsp3) is 0.300. The quantitative estimate of drug-likeness (QED) is 0.745. The largest absolute Gasteiger partial charge is 0.373 e. The Morgan fingerprint density at radius 3 is 2.70 bits per heavy atom. The van der Waals surface area contributed by atoms with Gasteiger partial charge >= 0.3 is 0 Å². The zero-order valence-corrected chi connectivity index (χ0v) is 16.4. The lowest BCUT2D eigenvalue weighted by Gasteiger charge is -2.28. The Hall–Kier alpha value is -2.73. The summed E-state index contributed by atoms with van der Waals surface area (Å²) in [5, 5.41) is 3.60. The predicted octanol–water partition coefficient (Wildman–Crippen LogP) is 3.81. The van der Waals surface area contributed by atoms with Crippen LogP contribution in [0.15, 0.2) is 30.6 Å². The van der Waals surface area contributed by atoms with E-state index in [9.17, 15) is 0 Å². The topological polar surface area (TPSA) is 66.8 Å². The predicted molar refractivity (Wildman–Crippen MR) is 108 cm³/mol. The van der Waals surface area contributed by atoms with Gasteiger partial charge in [-0.05, 0) is 36.6 Å². The SMILES string of the molecule is CNc1ccc2c(n1)CCN(c1ncc(Cl)c(-c3ncc(C)cc3C)n1)C2. The van der Waals surface area contributed by atoms with Crippen LogP contribution in [0.3, 0.4) is 0 Å². The third-order valence-corrected chi connectivity index (χ3v) is 5.03. The molecule has 0 fully saturated rings. The van der Waals surface area contributed by atoms with Gasteiger partial charge in [0.2, 0.25) is 5.95 Å². The van der Waals surface area contributed by atoms with Crippen LogP contribution >= 0.6 is 11.6 Å². The molecule has 0 aromatic carbocycles. The first-order valence-corrected chi connectivity index (χ1v) is 9.30. The smallest absolute Gasteiger partial charge is 0.226 e. The van der Waals surface area contributed by atoms with Crippen molar-refractivity contribution in [2.45, 2.75) is 26.8 Å². The summed E-state index contributed by atoms with van der Waals surface area (Å²) in [5.41, 5.74) is 5.96. The van der Waals surface area contributed by atoms with E-state index < -0.39 is 0 Å².